The predicted molar refractivity (Wildman–Crippen MR) is 68.9 cm³/mol. The largest absolute Gasteiger partial charge is 0.337 e. The van der Waals surface area contributed by atoms with Gasteiger partial charge >= 0.3 is 0 Å². The molecule has 0 bridgehead atoms. The Balaban J connectivity index is 1.88. The van der Waals surface area contributed by atoms with Gasteiger partial charge in [-0.15, -0.1) is 0 Å². The van der Waals surface area contributed by atoms with Gasteiger partial charge in [0, 0.05) is 6.20 Å². The SMILES string of the molecule is NC1(c2nc(-c3ccncn3)no2)CCCCCC1. The van der Waals surface area contributed by atoms with Gasteiger partial charge in [0.25, 0.3) is 0 Å². The van der Waals surface area contributed by atoms with E-state index in [-0.39, 0.29) is 0 Å². The Morgan fingerprint density at radius 1 is 1.16 bits per heavy atom. The van der Waals surface area contributed by atoms with Crippen molar-refractivity contribution in [3.05, 3.63) is 24.5 Å². The second-order valence-corrected chi connectivity index (χ2v) is 5.09. The molecule has 0 unspecified atom stereocenters. The first-order chi connectivity index (χ1) is 9.28. The van der Waals surface area contributed by atoms with Crippen LogP contribution < -0.4 is 5.73 Å². The molecule has 0 aromatic carbocycles. The van der Waals surface area contributed by atoms with Gasteiger partial charge in [-0.2, -0.15) is 4.98 Å². The summed E-state index contributed by atoms with van der Waals surface area (Å²) in [5.74, 6) is 1.01. The highest BCUT2D eigenvalue weighted by Crippen LogP contribution is 2.33. The lowest BCUT2D eigenvalue weighted by molar-refractivity contribution is 0.257. The van der Waals surface area contributed by atoms with Crippen molar-refractivity contribution >= 4 is 0 Å². The molecule has 1 fully saturated rings. The second-order valence-electron chi connectivity index (χ2n) is 5.09. The van der Waals surface area contributed by atoms with Crippen molar-refractivity contribution in [1.82, 2.24) is 20.1 Å². The van der Waals surface area contributed by atoms with Crippen molar-refractivity contribution in [2.45, 2.75) is 44.1 Å². The van der Waals surface area contributed by atoms with E-state index in [1.807, 2.05) is 0 Å². The number of rotatable bonds is 2. The summed E-state index contributed by atoms with van der Waals surface area (Å²) in [5, 5.41) is 3.98. The summed E-state index contributed by atoms with van der Waals surface area (Å²) < 4.78 is 5.37. The van der Waals surface area contributed by atoms with Gasteiger partial charge in [0.15, 0.2) is 0 Å². The quantitative estimate of drug-likeness (QED) is 0.830. The second kappa shape index (κ2) is 5.05. The summed E-state index contributed by atoms with van der Waals surface area (Å²) in [6.07, 6.45) is 9.61. The van der Waals surface area contributed by atoms with Gasteiger partial charge < -0.3 is 10.3 Å². The minimum atomic E-state index is -0.477. The van der Waals surface area contributed by atoms with Gasteiger partial charge in [-0.3, -0.25) is 0 Å². The van der Waals surface area contributed by atoms with Gasteiger partial charge in [0.05, 0.1) is 5.54 Å². The van der Waals surface area contributed by atoms with Crippen molar-refractivity contribution in [2.75, 3.05) is 0 Å². The fourth-order valence-electron chi connectivity index (χ4n) is 2.53. The van der Waals surface area contributed by atoms with Crippen LogP contribution in [0.2, 0.25) is 0 Å². The number of nitrogens with zero attached hydrogens (tertiary/aromatic N) is 4. The van der Waals surface area contributed by atoms with Crippen LogP contribution in [0, 0.1) is 0 Å². The van der Waals surface area contributed by atoms with E-state index in [0.717, 1.165) is 25.7 Å². The highest BCUT2D eigenvalue weighted by molar-refractivity contribution is 5.46. The monoisotopic (exact) mass is 259 g/mol. The fourth-order valence-corrected chi connectivity index (χ4v) is 2.53. The normalized spacial score (nSPS) is 19.0. The number of nitrogens with two attached hydrogens (primary N) is 1. The van der Waals surface area contributed by atoms with E-state index in [9.17, 15) is 0 Å². The van der Waals surface area contributed by atoms with Crippen LogP contribution in [0.15, 0.2) is 23.1 Å². The summed E-state index contributed by atoms with van der Waals surface area (Å²) >= 11 is 0. The van der Waals surface area contributed by atoms with Crippen molar-refractivity contribution in [3.8, 4) is 11.5 Å². The number of aromatic nitrogens is 4. The molecule has 0 aliphatic heterocycles. The Bertz CT molecular complexity index is 531. The molecule has 2 aromatic heterocycles. The maximum atomic E-state index is 6.44. The molecule has 6 heteroatoms. The van der Waals surface area contributed by atoms with E-state index >= 15 is 0 Å². The molecule has 0 radical (unpaired) electrons. The summed E-state index contributed by atoms with van der Waals surface area (Å²) in [4.78, 5) is 12.4. The molecule has 0 atom stereocenters. The first kappa shape index (κ1) is 12.2. The third-order valence-electron chi connectivity index (χ3n) is 3.66. The lowest BCUT2D eigenvalue weighted by Crippen LogP contribution is -2.36. The zero-order chi connectivity index (χ0) is 13.1. The molecule has 100 valence electrons. The average molecular weight is 259 g/mol. The van der Waals surface area contributed by atoms with Crippen LogP contribution in [0.1, 0.15) is 44.4 Å². The minimum absolute atomic E-state index is 0.477. The minimum Gasteiger partial charge on any atom is -0.337 e. The first-order valence-electron chi connectivity index (χ1n) is 6.67. The predicted octanol–water partition coefficient (Wildman–Crippen LogP) is 2.03. The van der Waals surface area contributed by atoms with Crippen molar-refractivity contribution < 1.29 is 4.52 Å². The van der Waals surface area contributed by atoms with E-state index in [0.29, 0.717) is 17.4 Å². The van der Waals surface area contributed by atoms with Gasteiger partial charge in [0.2, 0.25) is 11.7 Å². The highest BCUT2D eigenvalue weighted by Gasteiger charge is 2.34. The number of hydrogen-bond acceptors (Lipinski definition) is 6. The van der Waals surface area contributed by atoms with E-state index < -0.39 is 5.54 Å². The Morgan fingerprint density at radius 2 is 1.95 bits per heavy atom. The van der Waals surface area contributed by atoms with Crippen LogP contribution in [0.3, 0.4) is 0 Å². The molecule has 2 heterocycles. The third-order valence-corrected chi connectivity index (χ3v) is 3.66. The Labute approximate surface area is 111 Å². The zero-order valence-corrected chi connectivity index (χ0v) is 10.7. The Hall–Kier alpha value is -1.82. The zero-order valence-electron chi connectivity index (χ0n) is 10.7. The molecule has 3 rings (SSSR count). The lowest BCUT2D eigenvalue weighted by Gasteiger charge is -2.22. The van der Waals surface area contributed by atoms with Crippen LogP contribution in [0.5, 0.6) is 0 Å². The van der Waals surface area contributed by atoms with Crippen molar-refractivity contribution in [1.29, 1.82) is 0 Å². The molecule has 0 spiro atoms. The summed E-state index contributed by atoms with van der Waals surface area (Å²) in [6, 6.07) is 1.75. The summed E-state index contributed by atoms with van der Waals surface area (Å²) in [7, 11) is 0. The van der Waals surface area contributed by atoms with E-state index in [1.165, 1.54) is 19.2 Å². The highest BCUT2D eigenvalue weighted by atomic mass is 16.5. The topological polar surface area (TPSA) is 90.7 Å². The maximum absolute atomic E-state index is 6.44. The molecule has 1 saturated carbocycles. The fraction of sp³-hybridized carbons (Fsp3) is 0.538. The molecular weight excluding hydrogens is 242 g/mol. The van der Waals surface area contributed by atoms with Crippen LogP contribution in [0.25, 0.3) is 11.5 Å². The molecule has 0 amide bonds. The van der Waals surface area contributed by atoms with E-state index in [4.69, 9.17) is 10.3 Å². The smallest absolute Gasteiger partial charge is 0.247 e. The first-order valence-corrected chi connectivity index (χ1v) is 6.67. The average Bonchev–Trinajstić information content (AvgIpc) is 2.85. The van der Waals surface area contributed by atoms with E-state index in [2.05, 4.69) is 20.1 Å². The molecule has 1 aliphatic rings. The summed E-state index contributed by atoms with van der Waals surface area (Å²) in [6.45, 7) is 0. The lowest BCUT2D eigenvalue weighted by atomic mass is 9.91. The van der Waals surface area contributed by atoms with Gasteiger partial charge in [0.1, 0.15) is 12.0 Å². The van der Waals surface area contributed by atoms with Crippen molar-refractivity contribution in [2.24, 2.45) is 5.73 Å². The molecule has 6 nitrogen and oxygen atoms in total. The maximum Gasteiger partial charge on any atom is 0.247 e. The van der Waals surface area contributed by atoms with E-state index in [1.54, 1.807) is 12.3 Å². The molecule has 2 aromatic rings. The molecule has 1 aliphatic carbocycles. The van der Waals surface area contributed by atoms with Gasteiger partial charge in [-0.05, 0) is 18.9 Å². The van der Waals surface area contributed by atoms with Gasteiger partial charge in [-0.1, -0.05) is 30.8 Å². The van der Waals surface area contributed by atoms with Gasteiger partial charge in [-0.25, -0.2) is 9.97 Å². The molecule has 2 N–H and O–H groups in total. The van der Waals surface area contributed by atoms with Crippen LogP contribution in [-0.4, -0.2) is 20.1 Å². The number of hydrogen-bond donors (Lipinski definition) is 1. The molecular formula is C13H17N5O. The molecule has 19 heavy (non-hydrogen) atoms. The Morgan fingerprint density at radius 3 is 2.63 bits per heavy atom. The third kappa shape index (κ3) is 2.49. The molecule has 0 saturated heterocycles. The summed E-state index contributed by atoms with van der Waals surface area (Å²) in [5.41, 5.74) is 6.62. The van der Waals surface area contributed by atoms with Crippen molar-refractivity contribution in [3.63, 3.8) is 0 Å². The van der Waals surface area contributed by atoms with Crippen LogP contribution in [-0.2, 0) is 5.54 Å². The Kier molecular flexibility index (Phi) is 3.25. The van der Waals surface area contributed by atoms with Crippen LogP contribution >= 0.6 is 0 Å². The standard InChI is InChI=1S/C13H17N5O/c14-13(6-3-1-2-4-7-13)12-17-11(18-19-12)10-5-8-15-9-16-10/h5,8-9H,1-4,6-7,14H2. The van der Waals surface area contributed by atoms with Crippen LogP contribution in [0.4, 0.5) is 0 Å².